The van der Waals surface area contributed by atoms with Crippen LogP contribution in [0.2, 0.25) is 0 Å². The number of allylic oxidation sites excluding steroid dienone is 1. The minimum absolute atomic E-state index is 0.646. The number of carbonyl (C=O) groups is 3. The third-order valence-corrected chi connectivity index (χ3v) is 5.66. The summed E-state index contributed by atoms with van der Waals surface area (Å²) in [5.74, 6) is -3.98. The first kappa shape index (κ1) is 26.1. The fourth-order valence-electron chi connectivity index (χ4n) is 3.61. The van der Waals surface area contributed by atoms with Crippen molar-refractivity contribution in [2.45, 2.75) is 104 Å². The van der Waals surface area contributed by atoms with E-state index in [1.54, 1.807) is 6.08 Å². The highest BCUT2D eigenvalue weighted by Crippen LogP contribution is 2.27. The second kappa shape index (κ2) is 13.3. The summed E-state index contributed by atoms with van der Waals surface area (Å²) in [5.41, 5.74) is 0. The predicted molar refractivity (Wildman–Crippen MR) is 105 cm³/mol. The van der Waals surface area contributed by atoms with Crippen LogP contribution in [0.5, 0.6) is 0 Å². The van der Waals surface area contributed by atoms with Crippen LogP contribution in [0.1, 0.15) is 85.5 Å². The Morgan fingerprint density at radius 2 is 1.25 bits per heavy atom. The highest BCUT2D eigenvalue weighted by Gasteiger charge is 2.49. The van der Waals surface area contributed by atoms with E-state index in [1.165, 1.54) is 59.1 Å². The molecule has 7 heteroatoms. The Kier molecular flexibility index (Phi) is 12.4. The third kappa shape index (κ3) is 7.62. The lowest BCUT2D eigenvalue weighted by atomic mass is 10.0. The molecule has 3 unspecified atom stereocenters. The summed E-state index contributed by atoms with van der Waals surface area (Å²) in [6.45, 7) is 6.15. The lowest BCUT2D eigenvalue weighted by Crippen LogP contribution is -2.68. The first-order valence-corrected chi connectivity index (χ1v) is 10.3. The van der Waals surface area contributed by atoms with E-state index in [4.69, 9.17) is 0 Å². The Balaban J connectivity index is 5.11. The molecule has 0 bridgehead atoms. The van der Waals surface area contributed by atoms with Crippen molar-refractivity contribution in [1.82, 2.24) is 0 Å². The standard InChI is InChI=1S/C21H37NO6/c1-5-6-7-8-9-10-11-12-13-14-15-22(16(2)19(23)24,17(3)20(25)26)18(4)21(27)28/h14-18H,5-13H2,1-4H3,(H2-,23,24,25,26,27,28)/b15-14+. The molecule has 0 fully saturated rings. The minimum atomic E-state index is -1.47. The zero-order chi connectivity index (χ0) is 21.7. The lowest BCUT2D eigenvalue weighted by molar-refractivity contribution is -0.923. The molecule has 0 rings (SSSR count). The SMILES string of the molecule is CCCCCCCCCC/C=C/[N+](C(C)C(=O)[O-])(C(C)C(=O)O)C(C)C(=O)O. The molecule has 0 aliphatic carbocycles. The molecule has 28 heavy (non-hydrogen) atoms. The molecule has 2 N–H and O–H groups in total. The average Bonchev–Trinajstić information content (AvgIpc) is 2.64. The highest BCUT2D eigenvalue weighted by molar-refractivity contribution is 5.77. The molecule has 0 saturated carbocycles. The Labute approximate surface area is 168 Å². The summed E-state index contributed by atoms with van der Waals surface area (Å²) in [7, 11) is 0. The summed E-state index contributed by atoms with van der Waals surface area (Å²) in [5, 5.41) is 30.5. The fraction of sp³-hybridized carbons (Fsp3) is 0.762. The molecule has 0 amide bonds. The molecule has 162 valence electrons. The van der Waals surface area contributed by atoms with Crippen molar-refractivity contribution in [1.29, 1.82) is 0 Å². The average molecular weight is 400 g/mol. The van der Waals surface area contributed by atoms with E-state index < -0.39 is 40.5 Å². The molecule has 0 aromatic heterocycles. The number of unbranched alkanes of at least 4 members (excludes halogenated alkanes) is 8. The number of rotatable bonds is 16. The van der Waals surface area contributed by atoms with Crippen LogP contribution in [0, 0.1) is 0 Å². The monoisotopic (exact) mass is 399 g/mol. The molecular weight excluding hydrogens is 362 g/mol. The second-order valence-corrected chi connectivity index (χ2v) is 7.57. The first-order valence-electron chi connectivity index (χ1n) is 10.3. The van der Waals surface area contributed by atoms with Crippen molar-refractivity contribution in [3.05, 3.63) is 12.3 Å². The molecule has 0 aliphatic rings. The number of carboxylic acids is 3. The van der Waals surface area contributed by atoms with Crippen LogP contribution >= 0.6 is 0 Å². The Hall–Kier alpha value is -1.89. The number of carboxylic acid groups (broad SMARTS) is 3. The van der Waals surface area contributed by atoms with E-state index in [-0.39, 0.29) is 0 Å². The van der Waals surface area contributed by atoms with Crippen molar-refractivity contribution < 1.29 is 34.2 Å². The highest BCUT2D eigenvalue weighted by atomic mass is 16.4. The topological polar surface area (TPSA) is 115 Å². The molecular formula is C21H37NO6. The molecule has 7 nitrogen and oxygen atoms in total. The summed E-state index contributed by atoms with van der Waals surface area (Å²) >= 11 is 0. The van der Waals surface area contributed by atoms with Gasteiger partial charge in [-0.25, -0.2) is 9.59 Å². The maximum atomic E-state index is 11.6. The summed E-state index contributed by atoms with van der Waals surface area (Å²) in [6, 6.07) is -3.80. The van der Waals surface area contributed by atoms with Gasteiger partial charge in [0.2, 0.25) is 0 Å². The van der Waals surface area contributed by atoms with E-state index in [1.807, 2.05) is 0 Å². The van der Waals surface area contributed by atoms with E-state index in [0.29, 0.717) is 6.42 Å². The number of carbonyl (C=O) groups excluding carboxylic acids is 1. The van der Waals surface area contributed by atoms with Gasteiger partial charge >= 0.3 is 11.9 Å². The molecule has 3 atom stereocenters. The van der Waals surface area contributed by atoms with Crippen LogP contribution < -0.4 is 5.11 Å². The van der Waals surface area contributed by atoms with E-state index in [9.17, 15) is 29.7 Å². The van der Waals surface area contributed by atoms with Crippen molar-refractivity contribution in [2.75, 3.05) is 0 Å². The predicted octanol–water partition coefficient (Wildman–Crippen LogP) is 2.93. The van der Waals surface area contributed by atoms with E-state index >= 15 is 0 Å². The largest absolute Gasteiger partial charge is 0.544 e. The summed E-state index contributed by atoms with van der Waals surface area (Å²) in [4.78, 5) is 34.8. The number of hydrogen-bond donors (Lipinski definition) is 2. The number of aliphatic carboxylic acids is 3. The first-order chi connectivity index (χ1) is 13.1. The lowest BCUT2D eigenvalue weighted by Gasteiger charge is -2.46. The number of nitrogens with zero attached hydrogens (tertiary/aromatic N) is 1. The van der Waals surface area contributed by atoms with Crippen LogP contribution in [-0.2, 0) is 14.4 Å². The maximum Gasteiger partial charge on any atom is 0.362 e. The van der Waals surface area contributed by atoms with Crippen LogP contribution in [0.25, 0.3) is 0 Å². The Morgan fingerprint density at radius 1 is 0.821 bits per heavy atom. The normalized spacial score (nSPS) is 17.0. The van der Waals surface area contributed by atoms with Crippen molar-refractivity contribution in [2.24, 2.45) is 0 Å². The molecule has 0 aromatic rings. The van der Waals surface area contributed by atoms with Gasteiger partial charge in [-0.1, -0.05) is 51.9 Å². The van der Waals surface area contributed by atoms with Crippen LogP contribution in [0.4, 0.5) is 0 Å². The zero-order valence-electron chi connectivity index (χ0n) is 17.7. The van der Waals surface area contributed by atoms with Gasteiger partial charge in [0, 0.05) is 0 Å². The molecule has 0 spiro atoms. The van der Waals surface area contributed by atoms with Crippen molar-refractivity contribution >= 4 is 17.9 Å². The molecule has 0 saturated heterocycles. The second-order valence-electron chi connectivity index (χ2n) is 7.57. The Bertz CT molecular complexity index is 481. The van der Waals surface area contributed by atoms with E-state index in [0.717, 1.165) is 19.3 Å². The molecule has 0 aliphatic heterocycles. The summed E-state index contributed by atoms with van der Waals surface area (Å²) in [6.07, 6.45) is 13.0. The van der Waals surface area contributed by atoms with Gasteiger partial charge in [0.25, 0.3) is 0 Å². The Morgan fingerprint density at radius 3 is 1.64 bits per heavy atom. The fourth-order valence-corrected chi connectivity index (χ4v) is 3.61. The maximum absolute atomic E-state index is 11.6. The van der Waals surface area contributed by atoms with Crippen LogP contribution in [-0.4, -0.2) is 50.7 Å². The molecule has 0 aromatic carbocycles. The smallest absolute Gasteiger partial charge is 0.362 e. The van der Waals surface area contributed by atoms with Gasteiger partial charge in [0.05, 0.1) is 12.2 Å². The van der Waals surface area contributed by atoms with Gasteiger partial charge in [0.15, 0.2) is 12.1 Å². The van der Waals surface area contributed by atoms with Gasteiger partial charge in [-0.3, -0.25) is 4.48 Å². The van der Waals surface area contributed by atoms with Crippen molar-refractivity contribution in [3.8, 4) is 0 Å². The van der Waals surface area contributed by atoms with Gasteiger partial charge in [0.1, 0.15) is 6.04 Å². The van der Waals surface area contributed by atoms with Gasteiger partial charge in [-0.05, 0) is 39.7 Å². The van der Waals surface area contributed by atoms with Crippen LogP contribution in [0.15, 0.2) is 12.3 Å². The third-order valence-electron chi connectivity index (χ3n) is 5.66. The van der Waals surface area contributed by atoms with Gasteiger partial charge in [-0.2, -0.15) is 0 Å². The zero-order valence-corrected chi connectivity index (χ0v) is 17.7. The van der Waals surface area contributed by atoms with Gasteiger partial charge < -0.3 is 20.1 Å². The quantitative estimate of drug-likeness (QED) is 0.305. The van der Waals surface area contributed by atoms with Crippen molar-refractivity contribution in [3.63, 3.8) is 0 Å². The number of hydrogen-bond acceptors (Lipinski definition) is 4. The van der Waals surface area contributed by atoms with Crippen LogP contribution in [0.3, 0.4) is 0 Å². The minimum Gasteiger partial charge on any atom is -0.544 e. The summed E-state index contributed by atoms with van der Waals surface area (Å²) < 4.78 is -0.718. The van der Waals surface area contributed by atoms with E-state index in [2.05, 4.69) is 6.92 Å². The van der Waals surface area contributed by atoms with Gasteiger partial charge in [-0.15, -0.1) is 0 Å². The molecule has 0 radical (unpaired) electrons. The molecule has 0 heterocycles. The number of quaternary nitrogens is 1.